The zero-order valence-corrected chi connectivity index (χ0v) is 19.9. The Morgan fingerprint density at radius 1 is 0.941 bits per heavy atom. The van der Waals surface area contributed by atoms with Crippen LogP contribution in [0.15, 0.2) is 70.8 Å². The molecular formula is C24H20BrN3O6. The highest BCUT2D eigenvalue weighted by Gasteiger charge is 2.24. The monoisotopic (exact) mass is 525 g/mol. The number of carbonyl (C=O) groups excluding carboxylic acids is 2. The largest absolute Gasteiger partial charge is 0.493 e. The van der Waals surface area contributed by atoms with Gasteiger partial charge in [0.25, 0.3) is 0 Å². The Hall–Kier alpha value is -3.76. The van der Waals surface area contributed by atoms with Crippen LogP contribution in [-0.4, -0.2) is 49.0 Å². The summed E-state index contributed by atoms with van der Waals surface area (Å²) in [6.07, 6.45) is 3.68. The first-order valence-corrected chi connectivity index (χ1v) is 11.0. The number of hydrogen-bond donors (Lipinski definition) is 1. The van der Waals surface area contributed by atoms with Gasteiger partial charge in [0.2, 0.25) is 11.6 Å². The standard InChI is InChI=1S/C24H20BrN3O6/c1-31-7-8-33-23-11-16-14(9-22(23)32-2)24(27-13-26-16)28-17-10-19(30)21(12-18(17)29)34-20-6-4-3-5-15(20)25/h3-6,9-13H,7-8H2,1-2H3,(H,26,27,28). The van der Waals surface area contributed by atoms with Crippen LogP contribution in [0.5, 0.6) is 17.2 Å². The van der Waals surface area contributed by atoms with E-state index < -0.39 is 11.6 Å². The summed E-state index contributed by atoms with van der Waals surface area (Å²) in [7, 11) is 3.10. The molecule has 0 bridgehead atoms. The van der Waals surface area contributed by atoms with Crippen LogP contribution in [-0.2, 0) is 14.3 Å². The van der Waals surface area contributed by atoms with Crippen molar-refractivity contribution in [1.82, 2.24) is 9.97 Å². The summed E-state index contributed by atoms with van der Waals surface area (Å²) in [5.74, 6) is 0.763. The number of nitrogens with zero attached hydrogens (tertiary/aromatic N) is 2. The van der Waals surface area contributed by atoms with E-state index in [1.54, 1.807) is 37.4 Å². The van der Waals surface area contributed by atoms with Gasteiger partial charge in [-0.2, -0.15) is 0 Å². The third-order valence-corrected chi connectivity index (χ3v) is 5.48. The van der Waals surface area contributed by atoms with Crippen molar-refractivity contribution in [3.63, 3.8) is 0 Å². The van der Waals surface area contributed by atoms with E-state index in [-0.39, 0.29) is 11.5 Å². The van der Waals surface area contributed by atoms with Gasteiger partial charge in [-0.3, -0.25) is 9.59 Å². The lowest BCUT2D eigenvalue weighted by Gasteiger charge is -2.16. The highest BCUT2D eigenvalue weighted by molar-refractivity contribution is 9.10. The molecule has 1 aromatic heterocycles. The normalized spacial score (nSPS) is 13.4. The van der Waals surface area contributed by atoms with Crippen molar-refractivity contribution in [2.75, 3.05) is 32.8 Å². The van der Waals surface area contributed by atoms with E-state index in [9.17, 15) is 9.59 Å². The molecule has 174 valence electrons. The predicted molar refractivity (Wildman–Crippen MR) is 128 cm³/mol. The molecule has 34 heavy (non-hydrogen) atoms. The van der Waals surface area contributed by atoms with Crippen LogP contribution in [0.4, 0.5) is 5.82 Å². The first-order valence-electron chi connectivity index (χ1n) is 10.2. The fraction of sp³-hybridized carbons (Fsp3) is 0.167. The molecule has 0 saturated carbocycles. The Morgan fingerprint density at radius 2 is 1.76 bits per heavy atom. The molecule has 0 aliphatic heterocycles. The Kier molecular flexibility index (Phi) is 7.19. The molecule has 0 spiro atoms. The van der Waals surface area contributed by atoms with Crippen molar-refractivity contribution in [2.45, 2.75) is 0 Å². The van der Waals surface area contributed by atoms with E-state index in [1.165, 1.54) is 19.5 Å². The van der Waals surface area contributed by atoms with Gasteiger partial charge in [-0.15, -0.1) is 0 Å². The Labute approximate surface area is 203 Å². The SMILES string of the molecule is COCCOc1cc2ncnc(NC3=CC(=O)C(Oc4ccccc4Br)=CC3=O)c2cc1OC. The molecule has 0 fully saturated rings. The Bertz CT molecular complexity index is 1320. The minimum atomic E-state index is -0.456. The second-order valence-corrected chi connectivity index (χ2v) is 7.89. The number of ketones is 2. The zero-order chi connectivity index (χ0) is 24.1. The molecule has 1 N–H and O–H groups in total. The van der Waals surface area contributed by atoms with Crippen molar-refractivity contribution in [1.29, 1.82) is 0 Å². The second kappa shape index (κ2) is 10.4. The first-order chi connectivity index (χ1) is 16.5. The number of benzene rings is 2. The average molecular weight is 526 g/mol. The van der Waals surface area contributed by atoms with Crippen molar-refractivity contribution < 1.29 is 28.5 Å². The fourth-order valence-corrected chi connectivity index (χ4v) is 3.53. The number of anilines is 1. The number of carbonyl (C=O) groups is 2. The maximum absolute atomic E-state index is 12.7. The lowest BCUT2D eigenvalue weighted by molar-refractivity contribution is -0.116. The third-order valence-electron chi connectivity index (χ3n) is 4.82. The second-order valence-electron chi connectivity index (χ2n) is 7.04. The van der Waals surface area contributed by atoms with Crippen LogP contribution in [0.1, 0.15) is 0 Å². The van der Waals surface area contributed by atoms with Gasteiger partial charge < -0.3 is 24.3 Å². The molecule has 0 unspecified atom stereocenters. The molecule has 1 heterocycles. The van der Waals surface area contributed by atoms with Crippen molar-refractivity contribution in [3.8, 4) is 17.2 Å². The number of aromatic nitrogens is 2. The third kappa shape index (κ3) is 5.08. The number of hydrogen-bond acceptors (Lipinski definition) is 9. The van der Waals surface area contributed by atoms with Gasteiger partial charge in [-0.25, -0.2) is 9.97 Å². The number of nitrogens with one attached hydrogen (secondary N) is 1. The first kappa shape index (κ1) is 23.4. The summed E-state index contributed by atoms with van der Waals surface area (Å²) in [5.41, 5.74) is 0.623. The average Bonchev–Trinajstić information content (AvgIpc) is 2.83. The maximum atomic E-state index is 12.7. The van der Waals surface area contributed by atoms with Gasteiger partial charge in [-0.05, 0) is 34.1 Å². The van der Waals surface area contributed by atoms with Gasteiger partial charge in [0.1, 0.15) is 24.5 Å². The number of ether oxygens (including phenoxy) is 4. The van der Waals surface area contributed by atoms with E-state index in [0.717, 1.165) is 6.08 Å². The zero-order valence-electron chi connectivity index (χ0n) is 18.3. The van der Waals surface area contributed by atoms with Gasteiger partial charge in [0.05, 0.1) is 29.4 Å². The van der Waals surface area contributed by atoms with Crippen molar-refractivity contribution >= 4 is 44.2 Å². The molecule has 3 aromatic rings. The molecule has 0 radical (unpaired) electrons. The van der Waals surface area contributed by atoms with Crippen LogP contribution in [0.25, 0.3) is 10.9 Å². The Morgan fingerprint density at radius 3 is 2.53 bits per heavy atom. The topological polar surface area (TPSA) is 109 Å². The minimum Gasteiger partial charge on any atom is -0.493 e. The van der Waals surface area contributed by atoms with Gasteiger partial charge in [-0.1, -0.05) is 12.1 Å². The molecule has 0 saturated heterocycles. The van der Waals surface area contributed by atoms with E-state index in [2.05, 4.69) is 31.2 Å². The lowest BCUT2D eigenvalue weighted by atomic mass is 10.1. The van der Waals surface area contributed by atoms with Crippen LogP contribution in [0, 0.1) is 0 Å². The molecule has 10 heteroatoms. The summed E-state index contributed by atoms with van der Waals surface area (Å²) >= 11 is 3.36. The number of methoxy groups -OCH3 is 2. The fourth-order valence-electron chi connectivity index (χ4n) is 3.16. The van der Waals surface area contributed by atoms with Gasteiger partial charge in [0, 0.05) is 30.7 Å². The lowest BCUT2D eigenvalue weighted by Crippen LogP contribution is -2.21. The highest BCUT2D eigenvalue weighted by atomic mass is 79.9. The van der Waals surface area contributed by atoms with Crippen molar-refractivity contribution in [3.05, 3.63) is 70.8 Å². The number of para-hydroxylation sites is 1. The van der Waals surface area contributed by atoms with Crippen LogP contribution < -0.4 is 19.5 Å². The minimum absolute atomic E-state index is 0.0591. The quantitative estimate of drug-likeness (QED) is 0.329. The van der Waals surface area contributed by atoms with E-state index in [1.807, 2.05) is 6.07 Å². The molecule has 0 atom stereocenters. The summed E-state index contributed by atoms with van der Waals surface area (Å²) in [6, 6.07) is 10.5. The summed E-state index contributed by atoms with van der Waals surface area (Å²) in [6.45, 7) is 0.761. The summed E-state index contributed by atoms with van der Waals surface area (Å²) in [5, 5.41) is 3.52. The number of allylic oxidation sites excluding steroid dienone is 2. The molecule has 9 nitrogen and oxygen atoms in total. The van der Waals surface area contributed by atoms with E-state index in [0.29, 0.717) is 51.7 Å². The number of fused-ring (bicyclic) bond motifs is 1. The summed E-state index contributed by atoms with van der Waals surface area (Å²) < 4.78 is 22.4. The maximum Gasteiger partial charge on any atom is 0.223 e. The molecule has 4 rings (SSSR count). The molecule has 1 aliphatic carbocycles. The van der Waals surface area contributed by atoms with E-state index in [4.69, 9.17) is 18.9 Å². The van der Waals surface area contributed by atoms with Gasteiger partial charge >= 0.3 is 0 Å². The highest BCUT2D eigenvalue weighted by Crippen LogP contribution is 2.34. The molecule has 0 amide bonds. The van der Waals surface area contributed by atoms with Gasteiger partial charge in [0.15, 0.2) is 17.3 Å². The number of rotatable bonds is 9. The predicted octanol–water partition coefficient (Wildman–Crippen LogP) is 3.84. The smallest absolute Gasteiger partial charge is 0.223 e. The van der Waals surface area contributed by atoms with E-state index >= 15 is 0 Å². The Balaban J connectivity index is 1.58. The number of halogens is 1. The molecular weight excluding hydrogens is 506 g/mol. The molecule has 2 aromatic carbocycles. The van der Waals surface area contributed by atoms with Crippen LogP contribution in [0.2, 0.25) is 0 Å². The van der Waals surface area contributed by atoms with Crippen molar-refractivity contribution in [2.24, 2.45) is 0 Å². The molecule has 1 aliphatic rings. The summed E-state index contributed by atoms with van der Waals surface area (Å²) in [4.78, 5) is 33.9. The van der Waals surface area contributed by atoms with Crippen LogP contribution >= 0.6 is 15.9 Å². The van der Waals surface area contributed by atoms with Crippen LogP contribution in [0.3, 0.4) is 0 Å².